The Balaban J connectivity index is 1.61. The molecule has 162 valence electrons. The molecular weight excluding hydrogens is 376 g/mol. The van der Waals surface area contributed by atoms with Crippen molar-refractivity contribution in [3.63, 3.8) is 0 Å². The number of carbonyl (C=O) groups excluding carboxylic acids is 2. The van der Waals surface area contributed by atoms with Crippen molar-refractivity contribution in [1.29, 1.82) is 0 Å². The highest BCUT2D eigenvalue weighted by atomic mass is 16.7. The van der Waals surface area contributed by atoms with Crippen molar-refractivity contribution >= 4 is 12.1 Å². The van der Waals surface area contributed by atoms with Gasteiger partial charge in [0.25, 0.3) is 0 Å². The third kappa shape index (κ3) is 5.01. The van der Waals surface area contributed by atoms with Crippen LogP contribution in [0.15, 0.2) is 10.6 Å². The number of urea groups is 1. The maximum absolute atomic E-state index is 12.8. The molecule has 2 fully saturated rings. The highest BCUT2D eigenvalue weighted by Gasteiger charge is 2.46. The van der Waals surface area contributed by atoms with Gasteiger partial charge in [-0.2, -0.15) is 5.06 Å². The molecule has 9 heteroatoms. The van der Waals surface area contributed by atoms with Crippen LogP contribution in [-0.4, -0.2) is 64.0 Å². The number of amides is 3. The summed E-state index contributed by atoms with van der Waals surface area (Å²) < 4.78 is 10.8. The van der Waals surface area contributed by atoms with E-state index in [0.29, 0.717) is 24.6 Å². The van der Waals surface area contributed by atoms with Crippen LogP contribution in [0.4, 0.5) is 9.59 Å². The van der Waals surface area contributed by atoms with Gasteiger partial charge in [-0.25, -0.2) is 9.59 Å². The topological polar surface area (TPSA) is 88.4 Å². The monoisotopic (exact) mass is 408 g/mol. The minimum Gasteiger partial charge on any atom is -0.444 e. The van der Waals surface area contributed by atoms with Crippen LogP contribution < -0.4 is 0 Å². The van der Waals surface area contributed by atoms with Gasteiger partial charge in [-0.05, 0) is 40.0 Å². The zero-order chi connectivity index (χ0) is 21.2. The van der Waals surface area contributed by atoms with Crippen molar-refractivity contribution in [3.8, 4) is 0 Å². The highest BCUT2D eigenvalue weighted by molar-refractivity contribution is 5.77. The predicted molar refractivity (Wildman–Crippen MR) is 105 cm³/mol. The number of hydrogen-bond donors (Lipinski definition) is 0. The van der Waals surface area contributed by atoms with Crippen molar-refractivity contribution in [2.45, 2.75) is 77.6 Å². The Morgan fingerprint density at radius 1 is 1.38 bits per heavy atom. The molecule has 1 aromatic heterocycles. The lowest BCUT2D eigenvalue weighted by Crippen LogP contribution is -2.34. The van der Waals surface area contributed by atoms with Gasteiger partial charge < -0.3 is 19.1 Å². The second kappa shape index (κ2) is 8.61. The Labute approximate surface area is 171 Å². The molecule has 0 radical (unpaired) electrons. The van der Waals surface area contributed by atoms with Crippen molar-refractivity contribution in [2.24, 2.45) is 0 Å². The minimum absolute atomic E-state index is 0.0975. The van der Waals surface area contributed by atoms with Gasteiger partial charge in [0, 0.05) is 19.7 Å². The standard InChI is InChI=1S/C20H32N4O5/c1-6-7-10-27-24-14-8-9-17(23(12-14)18(24)25)16-11-15(29-21-16)13-22(5)19(26)28-20(2,3)4/h11,14,17H,6-10,12-13H2,1-5H3/t14-,17-/m0/s1. The van der Waals surface area contributed by atoms with E-state index < -0.39 is 11.7 Å². The van der Waals surface area contributed by atoms with Gasteiger partial charge in [-0.1, -0.05) is 18.5 Å². The first-order valence-corrected chi connectivity index (χ1v) is 10.3. The van der Waals surface area contributed by atoms with Gasteiger partial charge in [0.2, 0.25) is 0 Å². The summed E-state index contributed by atoms with van der Waals surface area (Å²) in [6.07, 6.45) is 3.19. The Kier molecular flexibility index (Phi) is 6.36. The first kappa shape index (κ1) is 21.4. The Bertz CT molecular complexity index is 729. The van der Waals surface area contributed by atoms with Crippen molar-refractivity contribution in [3.05, 3.63) is 17.5 Å². The lowest BCUT2D eigenvalue weighted by Gasteiger charge is -2.28. The van der Waals surface area contributed by atoms with E-state index in [1.807, 2.05) is 26.8 Å². The van der Waals surface area contributed by atoms with Crippen LogP contribution in [0.1, 0.15) is 70.9 Å². The van der Waals surface area contributed by atoms with Crippen molar-refractivity contribution < 1.29 is 23.7 Å². The molecule has 0 spiro atoms. The molecule has 3 heterocycles. The molecule has 3 rings (SSSR count). The summed E-state index contributed by atoms with van der Waals surface area (Å²) in [5.74, 6) is 0.554. The van der Waals surface area contributed by atoms with Crippen LogP contribution >= 0.6 is 0 Å². The highest BCUT2D eigenvalue weighted by Crippen LogP contribution is 2.38. The van der Waals surface area contributed by atoms with Crippen LogP contribution in [0.3, 0.4) is 0 Å². The summed E-state index contributed by atoms with van der Waals surface area (Å²) in [5, 5.41) is 5.71. The molecule has 0 aromatic carbocycles. The SMILES string of the molecule is CCCCON1C(=O)N2C[C@@H]1CC[C@H]2c1cc(CN(C)C(=O)OC(C)(C)C)on1. The molecule has 0 aliphatic carbocycles. The number of fused-ring (bicyclic) bond motifs is 2. The molecule has 1 aromatic rings. The van der Waals surface area contributed by atoms with Crippen molar-refractivity contribution in [1.82, 2.24) is 20.0 Å². The normalized spacial score (nSPS) is 21.6. The largest absolute Gasteiger partial charge is 0.444 e. The average molecular weight is 408 g/mol. The fourth-order valence-electron chi connectivity index (χ4n) is 3.61. The summed E-state index contributed by atoms with van der Waals surface area (Å²) in [4.78, 5) is 33.9. The van der Waals surface area contributed by atoms with Gasteiger partial charge >= 0.3 is 12.1 Å². The van der Waals surface area contributed by atoms with Gasteiger partial charge in [0.05, 0.1) is 25.2 Å². The molecule has 0 saturated carbocycles. The summed E-state index contributed by atoms with van der Waals surface area (Å²) in [7, 11) is 1.65. The van der Waals surface area contributed by atoms with E-state index in [0.717, 1.165) is 25.7 Å². The third-order valence-electron chi connectivity index (χ3n) is 5.07. The number of rotatable bonds is 7. The van der Waals surface area contributed by atoms with Gasteiger partial charge in [0.1, 0.15) is 11.3 Å². The molecule has 0 N–H and O–H groups in total. The van der Waals surface area contributed by atoms with E-state index in [2.05, 4.69) is 12.1 Å². The Morgan fingerprint density at radius 2 is 2.14 bits per heavy atom. The number of hydrogen-bond acceptors (Lipinski definition) is 6. The second-order valence-electron chi connectivity index (χ2n) is 8.75. The molecular formula is C20H32N4O5. The molecule has 9 nitrogen and oxygen atoms in total. The van der Waals surface area contributed by atoms with E-state index in [1.165, 1.54) is 9.96 Å². The van der Waals surface area contributed by atoms with E-state index >= 15 is 0 Å². The lowest BCUT2D eigenvalue weighted by molar-refractivity contribution is -0.130. The number of unbranched alkanes of at least 4 members (excludes halogenated alkanes) is 1. The van der Waals surface area contributed by atoms with E-state index in [1.54, 1.807) is 11.9 Å². The summed E-state index contributed by atoms with van der Waals surface area (Å²) >= 11 is 0. The quantitative estimate of drug-likeness (QED) is 0.639. The molecule has 0 unspecified atom stereocenters. The van der Waals surface area contributed by atoms with Crippen LogP contribution in [0.2, 0.25) is 0 Å². The lowest BCUT2D eigenvalue weighted by atomic mass is 9.98. The summed E-state index contributed by atoms with van der Waals surface area (Å²) in [6.45, 7) is 9.00. The molecule has 2 aliphatic rings. The van der Waals surface area contributed by atoms with Crippen LogP contribution in [-0.2, 0) is 16.1 Å². The van der Waals surface area contributed by atoms with E-state index in [4.69, 9.17) is 14.1 Å². The zero-order valence-corrected chi connectivity index (χ0v) is 18.0. The van der Waals surface area contributed by atoms with Gasteiger partial charge in [0.15, 0.2) is 5.76 Å². The first-order valence-electron chi connectivity index (χ1n) is 10.3. The number of ether oxygens (including phenoxy) is 1. The van der Waals surface area contributed by atoms with Crippen molar-refractivity contribution in [2.75, 3.05) is 20.2 Å². The summed E-state index contributed by atoms with van der Waals surface area (Å²) in [5.41, 5.74) is 0.150. The number of aromatic nitrogens is 1. The number of hydroxylamine groups is 2. The van der Waals surface area contributed by atoms with E-state index in [-0.39, 0.29) is 24.7 Å². The fourth-order valence-corrected chi connectivity index (χ4v) is 3.61. The first-order chi connectivity index (χ1) is 13.7. The second-order valence-corrected chi connectivity index (χ2v) is 8.75. The summed E-state index contributed by atoms with van der Waals surface area (Å²) in [6, 6.07) is 1.67. The molecule has 2 aliphatic heterocycles. The number of carbonyl (C=O) groups is 2. The molecule has 29 heavy (non-hydrogen) atoms. The zero-order valence-electron chi connectivity index (χ0n) is 18.0. The fraction of sp³-hybridized carbons (Fsp3) is 0.750. The number of piperidine rings is 1. The molecule has 3 amide bonds. The maximum Gasteiger partial charge on any atom is 0.410 e. The van der Waals surface area contributed by atoms with Gasteiger partial charge in [-0.15, -0.1) is 0 Å². The molecule has 2 saturated heterocycles. The maximum atomic E-state index is 12.8. The van der Waals surface area contributed by atoms with E-state index in [9.17, 15) is 9.59 Å². The predicted octanol–water partition coefficient (Wildman–Crippen LogP) is 3.71. The van der Waals surface area contributed by atoms with Gasteiger partial charge in [-0.3, -0.25) is 4.84 Å². The minimum atomic E-state index is -0.558. The van der Waals surface area contributed by atoms with Crippen LogP contribution in [0.5, 0.6) is 0 Å². The number of nitrogens with zero attached hydrogens (tertiary/aromatic N) is 4. The Hall–Kier alpha value is -2.29. The Morgan fingerprint density at radius 3 is 2.83 bits per heavy atom. The third-order valence-corrected chi connectivity index (χ3v) is 5.07. The molecule has 2 atom stereocenters. The van der Waals surface area contributed by atoms with Crippen LogP contribution in [0.25, 0.3) is 0 Å². The average Bonchev–Trinajstić information content (AvgIpc) is 3.19. The smallest absolute Gasteiger partial charge is 0.410 e. The van der Waals surface area contributed by atoms with Crippen LogP contribution in [0, 0.1) is 0 Å². The molecule has 2 bridgehead atoms.